The molecular formula is C38H39N5O5. The molecule has 0 saturated carbocycles. The summed E-state index contributed by atoms with van der Waals surface area (Å²) in [7, 11) is 1.62. The number of piperazine rings is 1. The van der Waals surface area contributed by atoms with E-state index in [1.54, 1.807) is 69.7 Å². The van der Waals surface area contributed by atoms with Crippen LogP contribution in [0.3, 0.4) is 0 Å². The molecule has 10 nitrogen and oxygen atoms in total. The molecule has 2 aliphatic heterocycles. The van der Waals surface area contributed by atoms with Gasteiger partial charge in [-0.25, -0.2) is 10.0 Å². The average Bonchev–Trinajstić information content (AvgIpc) is 3.11. The zero-order chi connectivity index (χ0) is 33.6. The maximum Gasteiger partial charge on any atom is 0.246 e. The number of hydrogen-bond donors (Lipinski definition) is 1. The fourth-order valence-electron chi connectivity index (χ4n) is 6.59. The summed E-state index contributed by atoms with van der Waals surface area (Å²) < 4.78 is 5.64. The Hall–Kier alpha value is -5.48. The van der Waals surface area contributed by atoms with Crippen molar-refractivity contribution in [2.45, 2.75) is 38.0 Å². The summed E-state index contributed by atoms with van der Waals surface area (Å²) >= 11 is 0. The molecule has 48 heavy (non-hydrogen) atoms. The van der Waals surface area contributed by atoms with Crippen LogP contribution >= 0.6 is 0 Å². The molecule has 1 N–H and O–H groups in total. The first-order valence-electron chi connectivity index (χ1n) is 16.0. The Kier molecular flexibility index (Phi) is 9.82. The molecule has 0 spiro atoms. The standard InChI is InChI=1S/C38H39N5O5/c1-3-20-41-26-37(46)42-33(22-28-11-15-31(44)16-12-28)38(47)40(25-35(42)43(41)36(45)18-14-27-8-5-4-6-9-27)24-29-13-17-34(48-2)32(21-29)30-10-7-19-39-23-30/h3-13,15-17,19,21,23,33,35,44H,1,14,18,20,22,24-26H2,2H3/t33?,35-/m0/s1. The maximum absolute atomic E-state index is 14.4. The Labute approximate surface area is 280 Å². The molecule has 1 aromatic heterocycles. The second-order valence-electron chi connectivity index (χ2n) is 12.0. The normalized spacial score (nSPS) is 18.1. The van der Waals surface area contributed by atoms with Crippen molar-refractivity contribution in [3.05, 3.63) is 127 Å². The second kappa shape index (κ2) is 14.5. The lowest BCUT2D eigenvalue weighted by atomic mass is 9.97. The Morgan fingerprint density at radius 2 is 1.77 bits per heavy atom. The number of rotatable bonds is 11. The van der Waals surface area contributed by atoms with Crippen molar-refractivity contribution in [3.63, 3.8) is 0 Å². The molecular weight excluding hydrogens is 606 g/mol. The molecule has 0 radical (unpaired) electrons. The number of aryl methyl sites for hydroxylation is 1. The van der Waals surface area contributed by atoms with Gasteiger partial charge in [0.25, 0.3) is 0 Å². The third-order valence-electron chi connectivity index (χ3n) is 8.87. The first-order chi connectivity index (χ1) is 23.4. The number of phenolic OH excluding ortho intramolecular Hbond substituents is 1. The smallest absolute Gasteiger partial charge is 0.246 e. The first-order valence-corrected chi connectivity index (χ1v) is 16.0. The van der Waals surface area contributed by atoms with Gasteiger partial charge in [0.05, 0.1) is 20.2 Å². The van der Waals surface area contributed by atoms with Gasteiger partial charge >= 0.3 is 0 Å². The molecule has 3 aromatic carbocycles. The fraction of sp³-hybridized carbons (Fsp3) is 0.263. The van der Waals surface area contributed by atoms with Gasteiger partial charge in [-0.15, -0.1) is 6.58 Å². The summed E-state index contributed by atoms with van der Waals surface area (Å²) in [5.74, 6) is 0.223. The Balaban J connectivity index is 1.36. The molecule has 10 heteroatoms. The van der Waals surface area contributed by atoms with Crippen LogP contribution in [0.5, 0.6) is 11.5 Å². The minimum absolute atomic E-state index is 0.0497. The summed E-state index contributed by atoms with van der Waals surface area (Å²) in [6, 6.07) is 25.2. The third kappa shape index (κ3) is 6.94. The van der Waals surface area contributed by atoms with Gasteiger partial charge < -0.3 is 19.6 Å². The maximum atomic E-state index is 14.4. The number of hydrazine groups is 1. The van der Waals surface area contributed by atoms with E-state index in [-0.39, 0.29) is 55.9 Å². The quantitative estimate of drug-likeness (QED) is 0.240. The average molecular weight is 646 g/mol. The van der Waals surface area contributed by atoms with Gasteiger partial charge in [0.2, 0.25) is 17.7 Å². The minimum Gasteiger partial charge on any atom is -0.508 e. The van der Waals surface area contributed by atoms with Crippen LogP contribution < -0.4 is 4.74 Å². The molecule has 6 rings (SSSR count). The Morgan fingerprint density at radius 1 is 1.00 bits per heavy atom. The van der Waals surface area contributed by atoms with Crippen LogP contribution in [-0.4, -0.2) is 86.6 Å². The molecule has 2 fully saturated rings. The van der Waals surface area contributed by atoms with Crippen LogP contribution in [-0.2, 0) is 33.8 Å². The van der Waals surface area contributed by atoms with Crippen molar-refractivity contribution in [1.82, 2.24) is 24.8 Å². The van der Waals surface area contributed by atoms with Gasteiger partial charge in [-0.1, -0.05) is 60.7 Å². The number of carbonyl (C=O) groups is 3. The van der Waals surface area contributed by atoms with Crippen molar-refractivity contribution in [2.24, 2.45) is 0 Å². The number of amides is 3. The molecule has 246 valence electrons. The van der Waals surface area contributed by atoms with Crippen LogP contribution in [0.1, 0.15) is 23.1 Å². The number of carbonyl (C=O) groups excluding carboxylic acids is 3. The highest BCUT2D eigenvalue weighted by atomic mass is 16.5. The number of benzene rings is 3. The lowest BCUT2D eigenvalue weighted by molar-refractivity contribution is -0.205. The van der Waals surface area contributed by atoms with Crippen LogP contribution in [0.4, 0.5) is 0 Å². The monoisotopic (exact) mass is 645 g/mol. The van der Waals surface area contributed by atoms with Gasteiger partial charge in [0.1, 0.15) is 23.7 Å². The Morgan fingerprint density at radius 3 is 2.48 bits per heavy atom. The van der Waals surface area contributed by atoms with E-state index >= 15 is 0 Å². The number of ether oxygens (including phenoxy) is 1. The van der Waals surface area contributed by atoms with Crippen molar-refractivity contribution in [2.75, 3.05) is 26.7 Å². The SMILES string of the molecule is C=CCN1CC(=O)N2C(Cc3ccc(O)cc3)C(=O)N(Cc3ccc(OC)c(-c4cccnc4)c3)C[C@@H]2N1C(=O)CCc1ccccc1. The van der Waals surface area contributed by atoms with E-state index in [2.05, 4.69) is 11.6 Å². The minimum atomic E-state index is -0.855. The molecule has 3 amide bonds. The topological polar surface area (TPSA) is 107 Å². The van der Waals surface area contributed by atoms with Crippen molar-refractivity contribution >= 4 is 17.7 Å². The van der Waals surface area contributed by atoms with Crippen LogP contribution in [0.25, 0.3) is 11.1 Å². The van der Waals surface area contributed by atoms with E-state index in [1.165, 1.54) is 0 Å². The van der Waals surface area contributed by atoms with E-state index in [4.69, 9.17) is 4.74 Å². The third-order valence-corrected chi connectivity index (χ3v) is 8.87. The van der Waals surface area contributed by atoms with Crippen molar-refractivity contribution < 1.29 is 24.2 Å². The number of aromatic nitrogens is 1. The molecule has 4 aromatic rings. The number of nitrogens with zero attached hydrogens (tertiary/aromatic N) is 5. The predicted molar refractivity (Wildman–Crippen MR) is 181 cm³/mol. The van der Waals surface area contributed by atoms with E-state index in [1.807, 2.05) is 60.7 Å². The van der Waals surface area contributed by atoms with Crippen molar-refractivity contribution in [1.29, 1.82) is 0 Å². The van der Waals surface area contributed by atoms with E-state index in [0.29, 0.717) is 18.7 Å². The zero-order valence-electron chi connectivity index (χ0n) is 26.9. The van der Waals surface area contributed by atoms with Gasteiger partial charge in [-0.05, 0) is 53.4 Å². The second-order valence-corrected chi connectivity index (χ2v) is 12.0. The van der Waals surface area contributed by atoms with Crippen molar-refractivity contribution in [3.8, 4) is 22.6 Å². The highest BCUT2D eigenvalue weighted by Crippen LogP contribution is 2.33. The predicted octanol–water partition coefficient (Wildman–Crippen LogP) is 4.45. The zero-order valence-corrected chi connectivity index (χ0v) is 26.9. The first kappa shape index (κ1) is 32.5. The van der Waals surface area contributed by atoms with Crippen LogP contribution in [0.15, 0.2) is 110 Å². The van der Waals surface area contributed by atoms with E-state index in [9.17, 15) is 19.5 Å². The molecule has 3 heterocycles. The highest BCUT2D eigenvalue weighted by Gasteiger charge is 2.51. The molecule has 0 bridgehead atoms. The highest BCUT2D eigenvalue weighted by molar-refractivity contribution is 5.92. The fourth-order valence-corrected chi connectivity index (χ4v) is 6.59. The summed E-state index contributed by atoms with van der Waals surface area (Å²) in [5.41, 5.74) is 4.43. The lowest BCUT2D eigenvalue weighted by Crippen LogP contribution is -2.75. The molecule has 2 atom stereocenters. The van der Waals surface area contributed by atoms with E-state index < -0.39 is 12.2 Å². The van der Waals surface area contributed by atoms with E-state index in [0.717, 1.165) is 27.8 Å². The summed E-state index contributed by atoms with van der Waals surface area (Å²) in [5, 5.41) is 13.3. The van der Waals surface area contributed by atoms with Gasteiger partial charge in [-0.2, -0.15) is 0 Å². The lowest BCUT2D eigenvalue weighted by Gasteiger charge is -2.55. The number of fused-ring (bicyclic) bond motifs is 1. The molecule has 1 unspecified atom stereocenters. The number of aromatic hydroxyl groups is 1. The summed E-state index contributed by atoms with van der Waals surface area (Å²) in [6.45, 7) is 4.52. The number of hydrogen-bond acceptors (Lipinski definition) is 7. The van der Waals surface area contributed by atoms with Crippen LogP contribution in [0, 0.1) is 0 Å². The Bertz CT molecular complexity index is 1770. The molecule has 0 aliphatic carbocycles. The largest absolute Gasteiger partial charge is 0.508 e. The van der Waals surface area contributed by atoms with Crippen LogP contribution in [0.2, 0.25) is 0 Å². The summed E-state index contributed by atoms with van der Waals surface area (Å²) in [4.78, 5) is 50.0. The van der Waals surface area contributed by atoms with Gasteiger partial charge in [-0.3, -0.25) is 19.4 Å². The van der Waals surface area contributed by atoms with Gasteiger partial charge in [0, 0.05) is 49.5 Å². The number of phenols is 1. The number of pyridine rings is 1. The molecule has 2 aliphatic rings. The number of methoxy groups -OCH3 is 1. The van der Waals surface area contributed by atoms with Gasteiger partial charge in [0.15, 0.2) is 0 Å². The molecule has 2 saturated heterocycles. The summed E-state index contributed by atoms with van der Waals surface area (Å²) in [6.07, 6.45) is 5.44.